The van der Waals surface area contributed by atoms with Crippen LogP contribution in [0.25, 0.3) is 0 Å². The van der Waals surface area contributed by atoms with Crippen molar-refractivity contribution < 1.29 is 4.39 Å². The van der Waals surface area contributed by atoms with Gasteiger partial charge in [-0.15, -0.1) is 0 Å². The highest BCUT2D eigenvalue weighted by molar-refractivity contribution is 9.11. The molecule has 0 aromatic heterocycles. The number of benzene rings is 1. The van der Waals surface area contributed by atoms with Crippen LogP contribution < -0.4 is 11.1 Å². The van der Waals surface area contributed by atoms with Gasteiger partial charge in [0.15, 0.2) is 10.9 Å². The van der Waals surface area contributed by atoms with E-state index in [9.17, 15) is 4.39 Å². The molecule has 0 bridgehead atoms. The van der Waals surface area contributed by atoms with E-state index in [1.807, 2.05) is 0 Å². The third kappa shape index (κ3) is 2.56. The number of thiocarbonyl (C=S) groups is 1. The smallest absolute Gasteiger partial charge is 0.168 e. The molecule has 3 N–H and O–H groups in total. The predicted octanol–water partition coefficient (Wildman–Crippen LogP) is 3.66. The Morgan fingerprint density at radius 1 is 1.57 bits per heavy atom. The van der Waals surface area contributed by atoms with E-state index in [0.29, 0.717) is 10.2 Å². The summed E-state index contributed by atoms with van der Waals surface area (Å²) in [5, 5.41) is 2.69. The zero-order valence-corrected chi connectivity index (χ0v) is 11.3. The summed E-state index contributed by atoms with van der Waals surface area (Å²) in [4.78, 5) is 0. The zero-order chi connectivity index (χ0) is 10.9. The molecule has 1 rings (SSSR count). The molecule has 0 aliphatic carbocycles. The van der Waals surface area contributed by atoms with Crippen LogP contribution in [0.2, 0.25) is 5.02 Å². The zero-order valence-electron chi connectivity index (χ0n) is 6.57. The lowest BCUT2D eigenvalue weighted by atomic mass is 10.3. The van der Waals surface area contributed by atoms with Crippen LogP contribution in [0.4, 0.5) is 10.1 Å². The average molecular weight is 362 g/mol. The van der Waals surface area contributed by atoms with Gasteiger partial charge in [0.25, 0.3) is 0 Å². The van der Waals surface area contributed by atoms with Crippen molar-refractivity contribution in [3.05, 3.63) is 25.9 Å². The number of halogens is 4. The van der Waals surface area contributed by atoms with Crippen molar-refractivity contribution in [2.75, 3.05) is 5.32 Å². The Kier molecular flexibility index (Phi) is 4.12. The number of anilines is 1. The summed E-state index contributed by atoms with van der Waals surface area (Å²) in [7, 11) is 0. The van der Waals surface area contributed by atoms with Gasteiger partial charge in [0.05, 0.1) is 15.2 Å². The van der Waals surface area contributed by atoms with Gasteiger partial charge in [-0.1, -0.05) is 11.6 Å². The Bertz CT molecular complexity index is 400. The number of hydrogen-bond donors (Lipinski definition) is 2. The molecule has 0 saturated carbocycles. The van der Waals surface area contributed by atoms with Gasteiger partial charge < -0.3 is 11.1 Å². The van der Waals surface area contributed by atoms with Crippen LogP contribution >= 0.6 is 55.7 Å². The van der Waals surface area contributed by atoms with E-state index < -0.39 is 5.82 Å². The predicted molar refractivity (Wildman–Crippen MR) is 67.2 cm³/mol. The second-order valence-corrected chi connectivity index (χ2v) is 4.83. The van der Waals surface area contributed by atoms with E-state index in [-0.39, 0.29) is 14.6 Å². The van der Waals surface area contributed by atoms with Crippen molar-refractivity contribution in [2.24, 2.45) is 5.73 Å². The molecule has 0 aliphatic heterocycles. The number of hydrogen-bond acceptors (Lipinski definition) is 1. The molecular weight excluding hydrogens is 358 g/mol. The van der Waals surface area contributed by atoms with Crippen LogP contribution in [0, 0.1) is 5.82 Å². The van der Waals surface area contributed by atoms with E-state index in [4.69, 9.17) is 17.3 Å². The molecule has 0 saturated heterocycles. The third-order valence-corrected chi connectivity index (χ3v) is 3.11. The normalized spacial score (nSPS) is 10.0. The van der Waals surface area contributed by atoms with Crippen LogP contribution in [0.15, 0.2) is 15.0 Å². The quantitative estimate of drug-likeness (QED) is 0.455. The summed E-state index contributed by atoms with van der Waals surface area (Å²) in [6, 6.07) is 1.42. The molecule has 1 aromatic carbocycles. The summed E-state index contributed by atoms with van der Waals surface area (Å²) >= 11 is 16.5. The molecule has 7 heteroatoms. The topological polar surface area (TPSA) is 38.0 Å². The van der Waals surface area contributed by atoms with E-state index in [1.54, 1.807) is 0 Å². The Morgan fingerprint density at radius 2 is 2.14 bits per heavy atom. The summed E-state index contributed by atoms with van der Waals surface area (Å²) in [5.41, 5.74) is 5.69. The van der Waals surface area contributed by atoms with E-state index in [0.717, 1.165) is 0 Å². The van der Waals surface area contributed by atoms with E-state index in [1.165, 1.54) is 6.07 Å². The largest absolute Gasteiger partial charge is 0.376 e. The van der Waals surface area contributed by atoms with E-state index in [2.05, 4.69) is 49.4 Å². The molecule has 0 amide bonds. The van der Waals surface area contributed by atoms with Gasteiger partial charge in [-0.05, 0) is 50.1 Å². The van der Waals surface area contributed by atoms with Crippen molar-refractivity contribution in [1.82, 2.24) is 0 Å². The van der Waals surface area contributed by atoms with Crippen molar-refractivity contribution in [1.29, 1.82) is 0 Å². The summed E-state index contributed by atoms with van der Waals surface area (Å²) in [6.45, 7) is 0. The third-order valence-electron chi connectivity index (χ3n) is 1.36. The van der Waals surface area contributed by atoms with Gasteiger partial charge in [-0.3, -0.25) is 0 Å². The van der Waals surface area contributed by atoms with Crippen LogP contribution in [-0.2, 0) is 0 Å². The number of nitrogens with one attached hydrogen (secondary N) is 1. The maximum absolute atomic E-state index is 13.3. The molecule has 0 heterocycles. The van der Waals surface area contributed by atoms with Crippen LogP contribution in [0.5, 0.6) is 0 Å². The number of nitrogens with two attached hydrogens (primary N) is 1. The minimum absolute atomic E-state index is 0.0113. The fourth-order valence-corrected chi connectivity index (χ4v) is 2.67. The SMILES string of the molecule is NC(=S)Nc1c(Br)cc(Cl)c(F)c1Br. The minimum atomic E-state index is -0.561. The lowest BCUT2D eigenvalue weighted by molar-refractivity contribution is 0.622. The number of rotatable bonds is 1. The summed E-state index contributed by atoms with van der Waals surface area (Å²) in [6.07, 6.45) is 0. The molecule has 0 unspecified atom stereocenters. The molecular formula is C7H4Br2ClFN2S. The molecule has 0 radical (unpaired) electrons. The Morgan fingerprint density at radius 3 is 2.64 bits per heavy atom. The lowest BCUT2D eigenvalue weighted by Crippen LogP contribution is -2.19. The Hall–Kier alpha value is 0.0900. The van der Waals surface area contributed by atoms with Gasteiger partial charge in [0, 0.05) is 4.47 Å². The molecule has 0 aliphatic rings. The Labute approximate surface area is 107 Å². The molecule has 0 spiro atoms. The van der Waals surface area contributed by atoms with Gasteiger partial charge >= 0.3 is 0 Å². The van der Waals surface area contributed by atoms with Gasteiger partial charge in [0.1, 0.15) is 0 Å². The first-order chi connectivity index (χ1) is 6.43. The van der Waals surface area contributed by atoms with Crippen molar-refractivity contribution in [3.8, 4) is 0 Å². The molecule has 14 heavy (non-hydrogen) atoms. The fraction of sp³-hybridized carbons (Fsp3) is 0. The monoisotopic (exact) mass is 360 g/mol. The van der Waals surface area contributed by atoms with Crippen molar-refractivity contribution in [3.63, 3.8) is 0 Å². The maximum atomic E-state index is 13.3. The summed E-state index contributed by atoms with van der Waals surface area (Å²) < 4.78 is 14.1. The fourth-order valence-electron chi connectivity index (χ4n) is 0.804. The first kappa shape index (κ1) is 12.2. The first-order valence-corrected chi connectivity index (χ1v) is 5.70. The second-order valence-electron chi connectivity index (χ2n) is 2.33. The van der Waals surface area contributed by atoms with Gasteiger partial charge in [-0.2, -0.15) is 0 Å². The van der Waals surface area contributed by atoms with E-state index >= 15 is 0 Å². The van der Waals surface area contributed by atoms with Crippen LogP contribution in [0.3, 0.4) is 0 Å². The minimum Gasteiger partial charge on any atom is -0.376 e. The molecule has 0 fully saturated rings. The highest BCUT2D eigenvalue weighted by Crippen LogP contribution is 2.37. The average Bonchev–Trinajstić information content (AvgIpc) is 2.09. The Balaban J connectivity index is 3.29. The summed E-state index contributed by atoms with van der Waals surface area (Å²) in [5.74, 6) is -0.561. The molecule has 2 nitrogen and oxygen atoms in total. The van der Waals surface area contributed by atoms with Gasteiger partial charge in [-0.25, -0.2) is 4.39 Å². The lowest BCUT2D eigenvalue weighted by Gasteiger charge is -2.10. The van der Waals surface area contributed by atoms with Gasteiger partial charge in [0.2, 0.25) is 0 Å². The molecule has 1 aromatic rings. The molecule has 76 valence electrons. The second kappa shape index (κ2) is 4.74. The molecule has 0 atom stereocenters. The van der Waals surface area contributed by atoms with Crippen molar-refractivity contribution >= 4 is 66.5 Å². The van der Waals surface area contributed by atoms with Crippen molar-refractivity contribution in [2.45, 2.75) is 0 Å². The highest BCUT2D eigenvalue weighted by atomic mass is 79.9. The highest BCUT2D eigenvalue weighted by Gasteiger charge is 2.14. The first-order valence-electron chi connectivity index (χ1n) is 3.33. The van der Waals surface area contributed by atoms with Crippen LogP contribution in [0.1, 0.15) is 0 Å². The maximum Gasteiger partial charge on any atom is 0.168 e. The standard InChI is InChI=1S/C7H4Br2ClFN2S/c8-2-1-3(10)5(11)4(9)6(2)13-7(12)14/h1H,(H3,12,13,14). The van der Waals surface area contributed by atoms with Crippen LogP contribution in [-0.4, -0.2) is 5.11 Å².